The Bertz CT molecular complexity index is 1230. The molecule has 1 saturated carbocycles. The van der Waals surface area contributed by atoms with Crippen molar-refractivity contribution >= 4 is 22.8 Å². The molecule has 9 heteroatoms. The lowest BCUT2D eigenvalue weighted by Gasteiger charge is -2.50. The number of likely N-dealkylation sites (tertiary alicyclic amines) is 2. The Hall–Kier alpha value is -2.68. The maximum Gasteiger partial charge on any atom is 0.326 e. The van der Waals surface area contributed by atoms with Crippen molar-refractivity contribution in [2.24, 2.45) is 16.7 Å². The fourth-order valence-electron chi connectivity index (χ4n) is 6.66. The molecule has 3 aliphatic rings. The summed E-state index contributed by atoms with van der Waals surface area (Å²) < 4.78 is 16.2. The minimum absolute atomic E-state index is 0.0848. The number of nitrogens with zero attached hydrogens (tertiary/aromatic N) is 3. The lowest BCUT2D eigenvalue weighted by Crippen LogP contribution is -2.55. The first kappa shape index (κ1) is 24.0. The van der Waals surface area contributed by atoms with Gasteiger partial charge in [0.05, 0.1) is 23.1 Å². The predicted molar refractivity (Wildman–Crippen MR) is 132 cm³/mol. The van der Waals surface area contributed by atoms with Gasteiger partial charge in [-0.1, -0.05) is 20.8 Å². The smallest absolute Gasteiger partial charge is 0.326 e. The molecular weight excluding hydrogens is 449 g/mol. The summed E-state index contributed by atoms with van der Waals surface area (Å²) in [6.07, 6.45) is 3.78. The molecule has 8 nitrogen and oxygen atoms in total. The molecule has 35 heavy (non-hydrogen) atoms. The number of hydrogen-bond acceptors (Lipinski definition) is 4. The average Bonchev–Trinajstić information content (AvgIpc) is 3.14. The Labute approximate surface area is 204 Å². The average molecular weight is 486 g/mol. The molecule has 1 aromatic heterocycles. The lowest BCUT2D eigenvalue weighted by atomic mass is 9.63. The van der Waals surface area contributed by atoms with E-state index < -0.39 is 11.7 Å². The standard InChI is InChI=1S/C26H36FN5O3/c1-25(2)16-5-8-26(25,3)15-31(13-16)22(33)14-30-9-6-17(7-10-30)32-21-12-19(27)18(23(34)28-4)11-20(21)29-24(32)35/h11-12,16-17H,5-10,13-15H2,1-4H3,(H,28,34)(H,29,35). The van der Waals surface area contributed by atoms with E-state index in [-0.39, 0.29) is 34.0 Å². The second kappa shape index (κ2) is 8.47. The Morgan fingerprint density at radius 3 is 2.54 bits per heavy atom. The van der Waals surface area contributed by atoms with E-state index in [1.54, 1.807) is 4.57 Å². The minimum atomic E-state index is -0.653. The van der Waals surface area contributed by atoms with Gasteiger partial charge in [-0.25, -0.2) is 9.18 Å². The van der Waals surface area contributed by atoms with Crippen LogP contribution < -0.4 is 11.0 Å². The first-order chi connectivity index (χ1) is 16.5. The Kier molecular flexibility index (Phi) is 5.81. The van der Waals surface area contributed by atoms with E-state index in [0.717, 1.165) is 13.1 Å². The highest BCUT2D eigenvalue weighted by molar-refractivity contribution is 5.97. The molecule has 0 spiro atoms. The van der Waals surface area contributed by atoms with Gasteiger partial charge in [0.15, 0.2) is 0 Å². The molecule has 3 fully saturated rings. The molecule has 2 aliphatic heterocycles. The van der Waals surface area contributed by atoms with Crippen molar-refractivity contribution in [3.8, 4) is 0 Å². The highest BCUT2D eigenvalue weighted by atomic mass is 19.1. The van der Waals surface area contributed by atoms with E-state index >= 15 is 0 Å². The number of benzene rings is 1. The van der Waals surface area contributed by atoms with Gasteiger partial charge >= 0.3 is 5.69 Å². The number of carbonyl (C=O) groups excluding carboxylic acids is 2. The zero-order valence-electron chi connectivity index (χ0n) is 21.1. The van der Waals surface area contributed by atoms with Gasteiger partial charge in [-0.15, -0.1) is 0 Å². The van der Waals surface area contributed by atoms with Crippen molar-refractivity contribution in [2.75, 3.05) is 39.8 Å². The molecular formula is C26H36FN5O3. The molecule has 0 radical (unpaired) electrons. The largest absolute Gasteiger partial charge is 0.355 e. The number of aromatic nitrogens is 2. The van der Waals surface area contributed by atoms with Gasteiger partial charge in [0.25, 0.3) is 5.91 Å². The van der Waals surface area contributed by atoms with Crippen molar-refractivity contribution < 1.29 is 14.0 Å². The molecule has 1 aliphatic carbocycles. The van der Waals surface area contributed by atoms with Crippen LogP contribution in [0.2, 0.25) is 0 Å². The summed E-state index contributed by atoms with van der Waals surface area (Å²) in [5.41, 5.74) is 0.975. The topological polar surface area (TPSA) is 90.4 Å². The highest BCUT2D eigenvalue weighted by Crippen LogP contribution is 2.58. The molecule has 2 unspecified atom stereocenters. The van der Waals surface area contributed by atoms with Crippen LogP contribution in [0.3, 0.4) is 0 Å². The predicted octanol–water partition coefficient (Wildman–Crippen LogP) is 2.75. The Balaban J connectivity index is 1.24. The SMILES string of the molecule is CNC(=O)c1cc2[nH]c(=O)n(C3CCN(CC(=O)N4CC5CCC(C)(C4)C5(C)C)CC3)c2cc1F. The molecule has 3 heterocycles. The molecule has 1 aromatic carbocycles. The third-order valence-electron chi connectivity index (χ3n) is 9.51. The summed E-state index contributed by atoms with van der Waals surface area (Å²) in [7, 11) is 1.44. The summed E-state index contributed by atoms with van der Waals surface area (Å²) in [6, 6.07) is 2.57. The molecule has 2 amide bonds. The van der Waals surface area contributed by atoms with Gasteiger partial charge in [-0.05, 0) is 48.5 Å². The first-order valence-corrected chi connectivity index (χ1v) is 12.7. The fraction of sp³-hybridized carbons (Fsp3) is 0.654. The molecule has 2 atom stereocenters. The van der Waals surface area contributed by atoms with E-state index in [1.165, 1.54) is 32.0 Å². The highest BCUT2D eigenvalue weighted by Gasteiger charge is 2.56. The number of rotatable bonds is 4. The lowest BCUT2D eigenvalue weighted by molar-refractivity contribution is -0.140. The number of fused-ring (bicyclic) bond motifs is 3. The summed E-state index contributed by atoms with van der Waals surface area (Å²) in [4.78, 5) is 44.8. The molecule has 2 aromatic rings. The van der Waals surface area contributed by atoms with E-state index in [2.05, 4.69) is 40.9 Å². The zero-order valence-corrected chi connectivity index (χ0v) is 21.1. The normalized spacial score (nSPS) is 26.9. The number of amides is 2. The summed E-state index contributed by atoms with van der Waals surface area (Å²) in [6.45, 7) is 10.5. The van der Waals surface area contributed by atoms with Crippen LogP contribution in [0.4, 0.5) is 4.39 Å². The third kappa shape index (κ3) is 3.88. The van der Waals surface area contributed by atoms with Gasteiger partial charge in [0, 0.05) is 45.3 Å². The number of carbonyl (C=O) groups is 2. The quantitative estimate of drug-likeness (QED) is 0.697. The number of halogens is 1. The molecule has 5 rings (SSSR count). The monoisotopic (exact) mass is 485 g/mol. The van der Waals surface area contributed by atoms with Crippen LogP contribution in [-0.2, 0) is 4.79 Å². The Morgan fingerprint density at radius 2 is 1.89 bits per heavy atom. The second-order valence-corrected chi connectivity index (χ2v) is 11.5. The van der Waals surface area contributed by atoms with Gasteiger partial charge in [0.2, 0.25) is 5.91 Å². The van der Waals surface area contributed by atoms with Gasteiger partial charge in [-0.2, -0.15) is 0 Å². The van der Waals surface area contributed by atoms with Crippen molar-refractivity contribution in [1.29, 1.82) is 0 Å². The second-order valence-electron chi connectivity index (χ2n) is 11.5. The van der Waals surface area contributed by atoms with Crippen LogP contribution in [0.5, 0.6) is 0 Å². The number of imidazole rings is 1. The zero-order chi connectivity index (χ0) is 25.1. The molecule has 2 bridgehead atoms. The van der Waals surface area contributed by atoms with Crippen LogP contribution in [0.15, 0.2) is 16.9 Å². The summed E-state index contributed by atoms with van der Waals surface area (Å²) >= 11 is 0. The molecule has 2 N–H and O–H groups in total. The summed E-state index contributed by atoms with van der Waals surface area (Å²) in [5, 5.41) is 2.42. The van der Waals surface area contributed by atoms with Gasteiger partial charge < -0.3 is 15.2 Å². The number of nitrogens with one attached hydrogen (secondary N) is 2. The number of H-pyrrole nitrogens is 1. The summed E-state index contributed by atoms with van der Waals surface area (Å²) in [5.74, 6) is -0.422. The maximum absolute atomic E-state index is 14.6. The molecule has 190 valence electrons. The Morgan fingerprint density at radius 1 is 1.17 bits per heavy atom. The van der Waals surface area contributed by atoms with Crippen molar-refractivity contribution in [2.45, 2.75) is 52.5 Å². The van der Waals surface area contributed by atoms with Crippen LogP contribution >= 0.6 is 0 Å². The van der Waals surface area contributed by atoms with Crippen LogP contribution in [0, 0.1) is 22.6 Å². The third-order valence-corrected chi connectivity index (χ3v) is 9.51. The van der Waals surface area contributed by atoms with E-state index in [9.17, 15) is 18.8 Å². The number of aromatic amines is 1. The number of piperidine rings is 2. The minimum Gasteiger partial charge on any atom is -0.355 e. The maximum atomic E-state index is 14.6. The van der Waals surface area contributed by atoms with E-state index in [1.807, 2.05) is 0 Å². The van der Waals surface area contributed by atoms with Crippen LogP contribution in [0.1, 0.15) is 62.9 Å². The van der Waals surface area contributed by atoms with Crippen molar-refractivity contribution in [3.63, 3.8) is 0 Å². The van der Waals surface area contributed by atoms with Gasteiger partial charge in [-0.3, -0.25) is 19.1 Å². The van der Waals surface area contributed by atoms with E-state index in [4.69, 9.17) is 0 Å². The van der Waals surface area contributed by atoms with Gasteiger partial charge in [0.1, 0.15) is 5.82 Å². The number of hydrogen-bond donors (Lipinski definition) is 2. The van der Waals surface area contributed by atoms with Crippen LogP contribution in [-0.4, -0.2) is 70.9 Å². The first-order valence-electron chi connectivity index (χ1n) is 12.7. The molecule has 2 saturated heterocycles. The van der Waals surface area contributed by atoms with Crippen molar-refractivity contribution in [1.82, 2.24) is 24.7 Å². The fourth-order valence-corrected chi connectivity index (χ4v) is 6.66. The van der Waals surface area contributed by atoms with Crippen molar-refractivity contribution in [3.05, 3.63) is 34.0 Å². The van der Waals surface area contributed by atoms with E-state index in [0.29, 0.717) is 49.4 Å². The van der Waals surface area contributed by atoms with Crippen LogP contribution in [0.25, 0.3) is 11.0 Å².